The van der Waals surface area contributed by atoms with Crippen LogP contribution in [0.5, 0.6) is 0 Å². The predicted molar refractivity (Wildman–Crippen MR) is 67.0 cm³/mol. The van der Waals surface area contributed by atoms with Crippen molar-refractivity contribution in [2.24, 2.45) is 0 Å². The van der Waals surface area contributed by atoms with Gasteiger partial charge in [-0.15, -0.1) is 0 Å². The maximum absolute atomic E-state index is 9.60. The maximum atomic E-state index is 9.60. The van der Waals surface area contributed by atoms with Crippen molar-refractivity contribution in [3.63, 3.8) is 0 Å². The average molecular weight is 244 g/mol. The first-order valence-corrected chi connectivity index (χ1v) is 5.75. The molecule has 0 fully saturated rings. The quantitative estimate of drug-likeness (QED) is 0.807. The lowest BCUT2D eigenvalue weighted by atomic mass is 10.3. The SMILES string of the molecule is CC(C)OCC(O)CNc1ccc(Cl)cc1. The van der Waals surface area contributed by atoms with Crippen LogP contribution in [0.25, 0.3) is 0 Å². The summed E-state index contributed by atoms with van der Waals surface area (Å²) in [5.74, 6) is 0. The highest BCUT2D eigenvalue weighted by molar-refractivity contribution is 6.30. The molecular weight excluding hydrogens is 226 g/mol. The van der Waals surface area contributed by atoms with Gasteiger partial charge in [0.1, 0.15) is 0 Å². The van der Waals surface area contributed by atoms with Crippen molar-refractivity contribution in [2.45, 2.75) is 26.1 Å². The summed E-state index contributed by atoms with van der Waals surface area (Å²) in [4.78, 5) is 0. The Balaban J connectivity index is 2.26. The van der Waals surface area contributed by atoms with Gasteiger partial charge >= 0.3 is 0 Å². The smallest absolute Gasteiger partial charge is 0.0945 e. The number of anilines is 1. The van der Waals surface area contributed by atoms with Crippen LogP contribution in [-0.2, 0) is 4.74 Å². The molecule has 90 valence electrons. The zero-order valence-electron chi connectivity index (χ0n) is 9.61. The Morgan fingerprint density at radius 1 is 1.31 bits per heavy atom. The summed E-state index contributed by atoms with van der Waals surface area (Å²) in [7, 11) is 0. The molecule has 0 aliphatic rings. The highest BCUT2D eigenvalue weighted by Gasteiger charge is 2.05. The van der Waals surface area contributed by atoms with E-state index < -0.39 is 6.10 Å². The third-order valence-electron chi connectivity index (χ3n) is 2.01. The van der Waals surface area contributed by atoms with Crippen LogP contribution in [0, 0.1) is 0 Å². The van der Waals surface area contributed by atoms with Gasteiger partial charge in [-0.3, -0.25) is 0 Å². The zero-order chi connectivity index (χ0) is 12.0. The van der Waals surface area contributed by atoms with Crippen LogP contribution in [0.3, 0.4) is 0 Å². The standard InChI is InChI=1S/C12H18ClNO2/c1-9(2)16-8-12(15)7-14-11-5-3-10(13)4-6-11/h3-6,9,12,14-15H,7-8H2,1-2H3. The summed E-state index contributed by atoms with van der Waals surface area (Å²) < 4.78 is 5.30. The molecule has 0 heterocycles. The fourth-order valence-electron chi connectivity index (χ4n) is 1.17. The van der Waals surface area contributed by atoms with Gasteiger partial charge in [0, 0.05) is 17.3 Å². The predicted octanol–water partition coefficient (Wildman–Crippen LogP) is 2.54. The first-order chi connectivity index (χ1) is 7.58. The Morgan fingerprint density at radius 2 is 1.94 bits per heavy atom. The van der Waals surface area contributed by atoms with Crippen molar-refractivity contribution in [1.82, 2.24) is 0 Å². The minimum atomic E-state index is -0.502. The van der Waals surface area contributed by atoms with Gasteiger partial charge in [0.25, 0.3) is 0 Å². The number of aliphatic hydroxyl groups excluding tert-OH is 1. The second-order valence-corrected chi connectivity index (χ2v) is 4.36. The molecule has 0 bridgehead atoms. The first kappa shape index (κ1) is 13.3. The van der Waals surface area contributed by atoms with Gasteiger partial charge in [-0.2, -0.15) is 0 Å². The van der Waals surface area contributed by atoms with Crippen LogP contribution >= 0.6 is 11.6 Å². The van der Waals surface area contributed by atoms with Crippen LogP contribution in [0.15, 0.2) is 24.3 Å². The van der Waals surface area contributed by atoms with Gasteiger partial charge in [0.2, 0.25) is 0 Å². The molecule has 0 saturated carbocycles. The first-order valence-electron chi connectivity index (χ1n) is 5.37. The van der Waals surface area contributed by atoms with E-state index in [1.807, 2.05) is 26.0 Å². The summed E-state index contributed by atoms with van der Waals surface area (Å²) in [5.41, 5.74) is 0.938. The Bertz CT molecular complexity index is 300. The molecule has 0 saturated heterocycles. The Kier molecular flexibility index (Phi) is 5.60. The van der Waals surface area contributed by atoms with Crippen molar-refractivity contribution >= 4 is 17.3 Å². The van der Waals surface area contributed by atoms with Crippen LogP contribution in [-0.4, -0.2) is 30.5 Å². The fourth-order valence-corrected chi connectivity index (χ4v) is 1.29. The molecule has 1 unspecified atom stereocenters. The van der Waals surface area contributed by atoms with Crippen LogP contribution < -0.4 is 5.32 Å². The van der Waals surface area contributed by atoms with Crippen molar-refractivity contribution in [3.8, 4) is 0 Å². The van der Waals surface area contributed by atoms with Gasteiger partial charge in [-0.25, -0.2) is 0 Å². The summed E-state index contributed by atoms with van der Waals surface area (Å²) in [6.45, 7) is 4.70. The van der Waals surface area contributed by atoms with Gasteiger partial charge in [0.15, 0.2) is 0 Å². The van der Waals surface area contributed by atoms with Crippen LogP contribution in [0.2, 0.25) is 5.02 Å². The number of hydrogen-bond acceptors (Lipinski definition) is 3. The lowest BCUT2D eigenvalue weighted by Gasteiger charge is -2.14. The van der Waals surface area contributed by atoms with E-state index in [-0.39, 0.29) is 6.10 Å². The number of rotatable bonds is 6. The van der Waals surface area contributed by atoms with E-state index in [9.17, 15) is 5.11 Å². The summed E-state index contributed by atoms with van der Waals surface area (Å²) in [5, 5.41) is 13.4. The Hall–Kier alpha value is -0.770. The van der Waals surface area contributed by atoms with Crippen molar-refractivity contribution < 1.29 is 9.84 Å². The third-order valence-corrected chi connectivity index (χ3v) is 2.26. The zero-order valence-corrected chi connectivity index (χ0v) is 10.4. The lowest BCUT2D eigenvalue weighted by molar-refractivity contribution is 0.0112. The molecule has 2 N–H and O–H groups in total. The molecule has 1 atom stereocenters. The van der Waals surface area contributed by atoms with E-state index >= 15 is 0 Å². The molecule has 1 aromatic rings. The van der Waals surface area contributed by atoms with Crippen LogP contribution in [0.1, 0.15) is 13.8 Å². The molecule has 1 rings (SSSR count). The number of nitrogens with one attached hydrogen (secondary N) is 1. The lowest BCUT2D eigenvalue weighted by Crippen LogP contribution is -2.26. The molecule has 3 nitrogen and oxygen atoms in total. The van der Waals surface area contributed by atoms with Crippen molar-refractivity contribution in [1.29, 1.82) is 0 Å². The van der Waals surface area contributed by atoms with Crippen LogP contribution in [0.4, 0.5) is 5.69 Å². The fraction of sp³-hybridized carbons (Fsp3) is 0.500. The van der Waals surface area contributed by atoms with E-state index in [2.05, 4.69) is 5.32 Å². The topological polar surface area (TPSA) is 41.5 Å². The summed E-state index contributed by atoms with van der Waals surface area (Å²) >= 11 is 5.76. The highest BCUT2D eigenvalue weighted by Crippen LogP contribution is 2.13. The van der Waals surface area contributed by atoms with E-state index in [4.69, 9.17) is 16.3 Å². The molecule has 0 spiro atoms. The van der Waals surface area contributed by atoms with Gasteiger partial charge in [-0.1, -0.05) is 11.6 Å². The number of benzene rings is 1. The van der Waals surface area contributed by atoms with E-state index in [1.165, 1.54) is 0 Å². The molecule has 0 aliphatic carbocycles. The molecule has 1 aromatic carbocycles. The third kappa shape index (κ3) is 5.35. The molecule has 0 aliphatic heterocycles. The molecule has 0 amide bonds. The Labute approximate surface area is 101 Å². The van der Waals surface area contributed by atoms with Gasteiger partial charge in [-0.05, 0) is 38.1 Å². The molecule has 0 radical (unpaired) electrons. The van der Waals surface area contributed by atoms with Gasteiger partial charge < -0.3 is 15.2 Å². The largest absolute Gasteiger partial charge is 0.389 e. The van der Waals surface area contributed by atoms with E-state index in [0.29, 0.717) is 18.2 Å². The van der Waals surface area contributed by atoms with Gasteiger partial charge in [0.05, 0.1) is 18.8 Å². The molecule has 0 aromatic heterocycles. The second kappa shape index (κ2) is 6.74. The average Bonchev–Trinajstić information content (AvgIpc) is 2.25. The molecule has 4 heteroatoms. The summed E-state index contributed by atoms with van der Waals surface area (Å²) in [6, 6.07) is 7.36. The number of ether oxygens (including phenoxy) is 1. The van der Waals surface area contributed by atoms with E-state index in [0.717, 1.165) is 5.69 Å². The highest BCUT2D eigenvalue weighted by atomic mass is 35.5. The molecule has 16 heavy (non-hydrogen) atoms. The minimum Gasteiger partial charge on any atom is -0.389 e. The molecular formula is C12H18ClNO2. The van der Waals surface area contributed by atoms with Crippen molar-refractivity contribution in [2.75, 3.05) is 18.5 Å². The number of hydrogen-bond donors (Lipinski definition) is 2. The minimum absolute atomic E-state index is 0.144. The van der Waals surface area contributed by atoms with Crippen molar-refractivity contribution in [3.05, 3.63) is 29.3 Å². The second-order valence-electron chi connectivity index (χ2n) is 3.92. The number of halogens is 1. The normalized spacial score (nSPS) is 12.8. The monoisotopic (exact) mass is 243 g/mol. The number of aliphatic hydroxyl groups is 1. The maximum Gasteiger partial charge on any atom is 0.0945 e. The van der Waals surface area contributed by atoms with E-state index in [1.54, 1.807) is 12.1 Å². The Morgan fingerprint density at radius 3 is 2.50 bits per heavy atom. The summed E-state index contributed by atoms with van der Waals surface area (Å²) in [6.07, 6.45) is -0.358.